The molecular formula is C15H18BrNO6. The fourth-order valence-corrected chi connectivity index (χ4v) is 2.98. The fourth-order valence-electron chi connectivity index (χ4n) is 2.43. The van der Waals surface area contributed by atoms with Crippen LogP contribution in [0, 0.1) is 0 Å². The Hall–Kier alpha value is -1.80. The molecule has 0 aliphatic carbocycles. The van der Waals surface area contributed by atoms with Crippen molar-refractivity contribution in [3.05, 3.63) is 22.2 Å². The number of hydrogen-bond donors (Lipinski definition) is 1. The number of carboxylic acids is 1. The second kappa shape index (κ2) is 7.18. The highest BCUT2D eigenvalue weighted by atomic mass is 79.9. The summed E-state index contributed by atoms with van der Waals surface area (Å²) in [5.41, 5.74) is 0.361. The van der Waals surface area contributed by atoms with Gasteiger partial charge in [-0.3, -0.25) is 4.79 Å². The van der Waals surface area contributed by atoms with Gasteiger partial charge in [0.05, 0.1) is 26.9 Å². The number of ether oxygens (including phenoxy) is 3. The Kier molecular flexibility index (Phi) is 5.48. The first-order valence-electron chi connectivity index (χ1n) is 6.96. The second-order valence-corrected chi connectivity index (χ2v) is 5.97. The molecule has 1 aromatic rings. The Bertz CT molecular complexity index is 595. The van der Waals surface area contributed by atoms with Crippen LogP contribution in [0.5, 0.6) is 11.5 Å². The first-order chi connectivity index (χ1) is 10.9. The van der Waals surface area contributed by atoms with Crippen molar-refractivity contribution in [2.24, 2.45) is 0 Å². The predicted molar refractivity (Wildman–Crippen MR) is 85.1 cm³/mol. The molecule has 0 saturated carbocycles. The first kappa shape index (κ1) is 17.6. The molecule has 1 saturated heterocycles. The van der Waals surface area contributed by atoms with Crippen LogP contribution >= 0.6 is 15.9 Å². The van der Waals surface area contributed by atoms with Crippen molar-refractivity contribution in [2.75, 3.05) is 27.3 Å². The van der Waals surface area contributed by atoms with Crippen LogP contribution in [0.4, 0.5) is 0 Å². The van der Waals surface area contributed by atoms with Gasteiger partial charge >= 0.3 is 5.97 Å². The number of rotatable bonds is 4. The van der Waals surface area contributed by atoms with Crippen molar-refractivity contribution in [3.63, 3.8) is 0 Å². The minimum atomic E-state index is -1.08. The van der Waals surface area contributed by atoms with Gasteiger partial charge < -0.3 is 24.2 Å². The average molecular weight is 388 g/mol. The Morgan fingerprint density at radius 1 is 1.26 bits per heavy atom. The van der Waals surface area contributed by atoms with E-state index < -0.39 is 12.1 Å². The maximum Gasteiger partial charge on any atom is 0.334 e. The summed E-state index contributed by atoms with van der Waals surface area (Å²) in [6.45, 7) is 2.06. The molecular weight excluding hydrogens is 370 g/mol. The highest BCUT2D eigenvalue weighted by molar-refractivity contribution is 9.10. The van der Waals surface area contributed by atoms with E-state index in [1.807, 2.05) is 0 Å². The smallest absolute Gasteiger partial charge is 0.334 e. The zero-order chi connectivity index (χ0) is 17.1. The van der Waals surface area contributed by atoms with E-state index in [1.54, 1.807) is 19.1 Å². The van der Waals surface area contributed by atoms with Crippen molar-refractivity contribution in [1.29, 1.82) is 0 Å². The third kappa shape index (κ3) is 3.76. The van der Waals surface area contributed by atoms with Gasteiger partial charge in [-0.2, -0.15) is 0 Å². The molecule has 126 valence electrons. The highest BCUT2D eigenvalue weighted by Crippen LogP contribution is 2.36. The average Bonchev–Trinajstić information content (AvgIpc) is 2.53. The van der Waals surface area contributed by atoms with Crippen LogP contribution in [-0.2, 0) is 9.53 Å². The molecule has 1 fully saturated rings. The zero-order valence-electron chi connectivity index (χ0n) is 13.0. The predicted octanol–water partition coefficient (Wildman–Crippen LogP) is 1.78. The number of aliphatic carboxylic acids is 1. The van der Waals surface area contributed by atoms with Crippen LogP contribution in [0.2, 0.25) is 0 Å². The lowest BCUT2D eigenvalue weighted by Gasteiger charge is -2.35. The number of halogens is 1. The maximum atomic E-state index is 12.7. The minimum absolute atomic E-state index is 0.000792. The molecule has 1 heterocycles. The van der Waals surface area contributed by atoms with Gasteiger partial charge in [-0.15, -0.1) is 0 Å². The van der Waals surface area contributed by atoms with E-state index in [9.17, 15) is 9.59 Å². The lowest BCUT2D eigenvalue weighted by atomic mass is 10.1. The van der Waals surface area contributed by atoms with Crippen LogP contribution in [-0.4, -0.2) is 61.4 Å². The molecule has 1 N–H and O–H groups in total. The minimum Gasteiger partial charge on any atom is -0.495 e. The number of methoxy groups -OCH3 is 2. The Labute approximate surface area is 142 Å². The van der Waals surface area contributed by atoms with Crippen molar-refractivity contribution < 1.29 is 28.9 Å². The van der Waals surface area contributed by atoms with Crippen molar-refractivity contribution in [3.8, 4) is 11.5 Å². The van der Waals surface area contributed by atoms with Crippen LogP contribution in [0.15, 0.2) is 16.6 Å². The van der Waals surface area contributed by atoms with E-state index >= 15 is 0 Å². The fraction of sp³-hybridized carbons (Fsp3) is 0.467. The topological polar surface area (TPSA) is 85.3 Å². The molecule has 8 heteroatoms. The molecule has 0 spiro atoms. The van der Waals surface area contributed by atoms with Crippen LogP contribution < -0.4 is 9.47 Å². The highest BCUT2D eigenvalue weighted by Gasteiger charge is 2.33. The summed E-state index contributed by atoms with van der Waals surface area (Å²) in [5, 5.41) is 9.12. The summed E-state index contributed by atoms with van der Waals surface area (Å²) >= 11 is 3.35. The van der Waals surface area contributed by atoms with Gasteiger partial charge in [0.1, 0.15) is 16.0 Å². The molecule has 1 unspecified atom stereocenters. The zero-order valence-corrected chi connectivity index (χ0v) is 14.6. The molecule has 1 aromatic carbocycles. The Balaban J connectivity index is 2.30. The molecule has 23 heavy (non-hydrogen) atoms. The number of carbonyl (C=O) groups is 2. The molecule has 2 rings (SSSR count). The van der Waals surface area contributed by atoms with E-state index in [-0.39, 0.29) is 18.6 Å². The summed E-state index contributed by atoms with van der Waals surface area (Å²) in [6, 6.07) is 3.18. The molecule has 1 amide bonds. The monoisotopic (exact) mass is 387 g/mol. The lowest BCUT2D eigenvalue weighted by Crippen LogP contribution is -2.51. The number of benzene rings is 1. The number of amides is 1. The van der Waals surface area contributed by atoms with Gasteiger partial charge in [-0.25, -0.2) is 4.79 Å². The van der Waals surface area contributed by atoms with Gasteiger partial charge in [0.2, 0.25) is 0 Å². The third-order valence-electron chi connectivity index (χ3n) is 3.52. The largest absolute Gasteiger partial charge is 0.495 e. The number of hydrogen-bond acceptors (Lipinski definition) is 5. The molecule has 7 nitrogen and oxygen atoms in total. The Morgan fingerprint density at radius 2 is 1.83 bits per heavy atom. The maximum absolute atomic E-state index is 12.7. The van der Waals surface area contributed by atoms with E-state index in [0.717, 1.165) is 0 Å². The van der Waals surface area contributed by atoms with E-state index in [1.165, 1.54) is 19.1 Å². The number of carboxylic acid groups (broad SMARTS) is 1. The van der Waals surface area contributed by atoms with E-state index in [0.29, 0.717) is 28.1 Å². The SMILES string of the molecule is COc1cc(C(=O)N2CC(C(=O)O)O[C@H](C)C2)cc(OC)c1Br. The quantitative estimate of drug-likeness (QED) is 0.847. The van der Waals surface area contributed by atoms with Crippen molar-refractivity contribution >= 4 is 27.8 Å². The summed E-state index contributed by atoms with van der Waals surface area (Å²) in [5.74, 6) is -0.455. The van der Waals surface area contributed by atoms with Crippen LogP contribution in [0.3, 0.4) is 0 Å². The van der Waals surface area contributed by atoms with Crippen molar-refractivity contribution in [1.82, 2.24) is 4.90 Å². The lowest BCUT2D eigenvalue weighted by molar-refractivity contribution is -0.160. The van der Waals surface area contributed by atoms with Crippen LogP contribution in [0.25, 0.3) is 0 Å². The Morgan fingerprint density at radius 3 is 2.30 bits per heavy atom. The summed E-state index contributed by atoms with van der Waals surface area (Å²) in [4.78, 5) is 25.3. The molecule has 2 atom stereocenters. The molecule has 1 aliphatic heterocycles. The van der Waals surface area contributed by atoms with Gasteiger partial charge in [0, 0.05) is 12.1 Å². The third-order valence-corrected chi connectivity index (χ3v) is 4.30. The summed E-state index contributed by atoms with van der Waals surface area (Å²) < 4.78 is 16.4. The van der Waals surface area contributed by atoms with Crippen molar-refractivity contribution in [2.45, 2.75) is 19.1 Å². The van der Waals surface area contributed by atoms with Gasteiger partial charge in [-0.05, 0) is 35.0 Å². The second-order valence-electron chi connectivity index (χ2n) is 5.18. The van der Waals surface area contributed by atoms with Crippen LogP contribution in [0.1, 0.15) is 17.3 Å². The number of carbonyl (C=O) groups excluding carboxylic acids is 1. The number of morpholine rings is 1. The van der Waals surface area contributed by atoms with Gasteiger partial charge in [0.15, 0.2) is 6.10 Å². The summed E-state index contributed by atoms with van der Waals surface area (Å²) in [7, 11) is 2.98. The molecule has 0 aromatic heterocycles. The van der Waals surface area contributed by atoms with Gasteiger partial charge in [-0.1, -0.05) is 0 Å². The van der Waals surface area contributed by atoms with E-state index in [4.69, 9.17) is 19.3 Å². The molecule has 0 bridgehead atoms. The standard InChI is InChI=1S/C15H18BrNO6/c1-8-6-17(7-12(23-8)15(19)20)14(18)9-4-10(21-2)13(16)11(5-9)22-3/h4-5,8,12H,6-7H2,1-3H3,(H,19,20)/t8-,12?/m1/s1. The van der Waals surface area contributed by atoms with E-state index in [2.05, 4.69) is 15.9 Å². The molecule has 1 aliphatic rings. The van der Waals surface area contributed by atoms with Gasteiger partial charge in [0.25, 0.3) is 5.91 Å². The normalized spacial score (nSPS) is 21.0. The first-order valence-corrected chi connectivity index (χ1v) is 7.75. The number of nitrogens with zero attached hydrogens (tertiary/aromatic N) is 1. The molecule has 0 radical (unpaired) electrons. The summed E-state index contributed by atoms with van der Waals surface area (Å²) in [6.07, 6.45) is -1.38.